The lowest BCUT2D eigenvalue weighted by molar-refractivity contribution is 0.149. The number of hydrogen-bond acceptors (Lipinski definition) is 3. The second kappa shape index (κ2) is 3.87. The van der Waals surface area contributed by atoms with Gasteiger partial charge in [0.2, 0.25) is 5.43 Å². The van der Waals surface area contributed by atoms with Crippen LogP contribution in [0.15, 0.2) is 11.0 Å². The molecule has 4 nitrogen and oxygen atoms in total. The maximum Gasteiger partial charge on any atom is 0.270 e. The molecule has 0 aliphatic carbocycles. The zero-order valence-electron chi connectivity index (χ0n) is 7.17. The Hall–Kier alpha value is -1.90. The molecule has 1 aromatic rings. The van der Waals surface area contributed by atoms with Crippen molar-refractivity contribution in [2.75, 3.05) is 7.11 Å². The molecule has 0 unspecified atom stereocenters. The minimum Gasteiger partial charge on any atom is -0.491 e. The number of ether oxygens (including phenoxy) is 1. The molecule has 0 spiro atoms. The van der Waals surface area contributed by atoms with Crippen LogP contribution >= 0.6 is 0 Å². The zero-order valence-corrected chi connectivity index (χ0v) is 7.17. The van der Waals surface area contributed by atoms with Gasteiger partial charge in [-0.1, -0.05) is 0 Å². The molecule has 0 amide bonds. The maximum absolute atomic E-state index is 12.4. The molecule has 1 heterocycles. The van der Waals surface area contributed by atoms with E-state index in [4.69, 9.17) is 5.26 Å². The van der Waals surface area contributed by atoms with Crippen molar-refractivity contribution in [3.63, 3.8) is 0 Å². The molecule has 0 bridgehead atoms. The summed E-state index contributed by atoms with van der Waals surface area (Å²) in [6.07, 6.45) is -1.92. The summed E-state index contributed by atoms with van der Waals surface area (Å²) in [6, 6.07) is 1.48. The first-order valence-corrected chi connectivity index (χ1v) is 3.59. The van der Waals surface area contributed by atoms with E-state index in [1.165, 1.54) is 13.2 Å². The Morgan fingerprint density at radius 1 is 1.64 bits per heavy atom. The minimum atomic E-state index is -3.00. The van der Waals surface area contributed by atoms with Gasteiger partial charge in [-0.05, 0) is 0 Å². The highest BCUT2D eigenvalue weighted by molar-refractivity contribution is 5.37. The third-order valence-corrected chi connectivity index (χ3v) is 1.64. The fourth-order valence-electron chi connectivity index (χ4n) is 0.980. The molecular formula is C8H6F2N2O2. The van der Waals surface area contributed by atoms with Crippen LogP contribution in [-0.4, -0.2) is 12.1 Å². The van der Waals surface area contributed by atoms with Gasteiger partial charge in [0.15, 0.2) is 5.75 Å². The number of nitrogens with one attached hydrogen (secondary N) is 1. The highest BCUT2D eigenvalue weighted by Crippen LogP contribution is 2.19. The molecule has 0 fully saturated rings. The number of nitrogens with zero attached hydrogens (tertiary/aromatic N) is 1. The maximum atomic E-state index is 12.4. The predicted octanol–water partition coefficient (Wildman–Crippen LogP) is 1.19. The van der Waals surface area contributed by atoms with E-state index in [0.717, 1.165) is 6.20 Å². The van der Waals surface area contributed by atoms with Crippen molar-refractivity contribution in [3.05, 3.63) is 27.7 Å². The molecule has 1 aromatic heterocycles. The normalized spacial score (nSPS) is 9.93. The van der Waals surface area contributed by atoms with E-state index in [-0.39, 0.29) is 5.75 Å². The summed E-state index contributed by atoms with van der Waals surface area (Å²) >= 11 is 0. The van der Waals surface area contributed by atoms with Crippen molar-refractivity contribution >= 4 is 0 Å². The van der Waals surface area contributed by atoms with Crippen LogP contribution in [0.2, 0.25) is 0 Å². The number of aromatic nitrogens is 1. The fourth-order valence-corrected chi connectivity index (χ4v) is 0.980. The average Bonchev–Trinajstić information content (AvgIpc) is 2.16. The van der Waals surface area contributed by atoms with Crippen molar-refractivity contribution in [2.45, 2.75) is 6.43 Å². The van der Waals surface area contributed by atoms with Gasteiger partial charge >= 0.3 is 0 Å². The third-order valence-electron chi connectivity index (χ3n) is 1.64. The summed E-state index contributed by atoms with van der Waals surface area (Å²) in [4.78, 5) is 13.5. The van der Waals surface area contributed by atoms with Crippen molar-refractivity contribution < 1.29 is 13.5 Å². The van der Waals surface area contributed by atoms with Crippen LogP contribution in [0.3, 0.4) is 0 Å². The summed E-state index contributed by atoms with van der Waals surface area (Å²) in [6.45, 7) is 0. The predicted molar refractivity (Wildman–Crippen MR) is 43.3 cm³/mol. The minimum absolute atomic E-state index is 0.237. The van der Waals surface area contributed by atoms with E-state index in [0.29, 0.717) is 0 Å². The Morgan fingerprint density at radius 3 is 2.71 bits per heavy atom. The summed E-state index contributed by atoms with van der Waals surface area (Å²) in [5, 5.41) is 8.46. The molecule has 74 valence electrons. The van der Waals surface area contributed by atoms with Crippen LogP contribution in [0.4, 0.5) is 8.78 Å². The van der Waals surface area contributed by atoms with Crippen LogP contribution < -0.4 is 10.2 Å². The lowest BCUT2D eigenvalue weighted by atomic mass is 10.2. The van der Waals surface area contributed by atoms with Crippen LogP contribution in [0.1, 0.15) is 17.7 Å². The standard InChI is InChI=1S/C8H6F2N2O2/c1-14-5-3-12-4(2-11)6(7(5)13)8(9)10/h3,8H,1H3,(H,12,13). The first kappa shape index (κ1) is 10.2. The number of hydrogen-bond donors (Lipinski definition) is 1. The second-order valence-electron chi connectivity index (χ2n) is 2.39. The van der Waals surface area contributed by atoms with Gasteiger partial charge < -0.3 is 9.72 Å². The third kappa shape index (κ3) is 1.57. The number of nitriles is 1. The molecule has 1 N–H and O–H groups in total. The van der Waals surface area contributed by atoms with E-state index in [9.17, 15) is 13.6 Å². The van der Waals surface area contributed by atoms with Gasteiger partial charge in [-0.25, -0.2) is 8.78 Å². The molecule has 0 aliphatic heterocycles. The molecule has 0 aromatic carbocycles. The van der Waals surface area contributed by atoms with Gasteiger partial charge in [-0.3, -0.25) is 4.79 Å². The van der Waals surface area contributed by atoms with Gasteiger partial charge in [-0.15, -0.1) is 0 Å². The van der Waals surface area contributed by atoms with Gasteiger partial charge in [-0.2, -0.15) is 5.26 Å². The van der Waals surface area contributed by atoms with Gasteiger partial charge in [0, 0.05) is 6.20 Å². The van der Waals surface area contributed by atoms with E-state index in [1.54, 1.807) is 0 Å². The van der Waals surface area contributed by atoms with Gasteiger partial charge in [0.1, 0.15) is 17.3 Å². The van der Waals surface area contributed by atoms with E-state index >= 15 is 0 Å². The SMILES string of the molecule is COc1c[nH]c(C#N)c(C(F)F)c1=O. The van der Waals surface area contributed by atoms with Crippen molar-refractivity contribution in [1.82, 2.24) is 4.98 Å². The lowest BCUT2D eigenvalue weighted by Crippen LogP contribution is -2.15. The van der Waals surface area contributed by atoms with E-state index in [1.807, 2.05) is 0 Å². The lowest BCUT2D eigenvalue weighted by Gasteiger charge is -2.04. The van der Waals surface area contributed by atoms with Gasteiger partial charge in [0.25, 0.3) is 6.43 Å². The van der Waals surface area contributed by atoms with Crippen LogP contribution in [-0.2, 0) is 0 Å². The molecule has 1 rings (SSSR count). The molecule has 0 saturated heterocycles. The monoisotopic (exact) mass is 200 g/mol. The smallest absolute Gasteiger partial charge is 0.270 e. The first-order chi connectivity index (χ1) is 6.61. The Morgan fingerprint density at radius 2 is 2.29 bits per heavy atom. The quantitative estimate of drug-likeness (QED) is 0.779. The Bertz CT molecular complexity index is 434. The summed E-state index contributed by atoms with van der Waals surface area (Å²) in [5.74, 6) is -0.237. The summed E-state index contributed by atoms with van der Waals surface area (Å²) in [7, 11) is 1.19. The fraction of sp³-hybridized carbons (Fsp3) is 0.250. The van der Waals surface area contributed by atoms with Crippen molar-refractivity contribution in [1.29, 1.82) is 5.26 Å². The van der Waals surface area contributed by atoms with E-state index in [2.05, 4.69) is 9.72 Å². The Kier molecular flexibility index (Phi) is 2.82. The largest absolute Gasteiger partial charge is 0.491 e. The van der Waals surface area contributed by atoms with Gasteiger partial charge in [0.05, 0.1) is 7.11 Å². The number of alkyl halides is 2. The Balaban J connectivity index is 3.50. The molecule has 0 aliphatic rings. The number of H-pyrrole nitrogens is 1. The zero-order chi connectivity index (χ0) is 10.7. The number of rotatable bonds is 2. The highest BCUT2D eigenvalue weighted by Gasteiger charge is 2.20. The second-order valence-corrected chi connectivity index (χ2v) is 2.39. The summed E-state index contributed by atoms with van der Waals surface area (Å²) in [5.41, 5.74) is -2.25. The Labute approximate surface area is 77.7 Å². The van der Waals surface area contributed by atoms with Crippen molar-refractivity contribution in [3.8, 4) is 11.8 Å². The van der Waals surface area contributed by atoms with Crippen LogP contribution in [0.5, 0.6) is 5.75 Å². The molecular weight excluding hydrogens is 194 g/mol. The topological polar surface area (TPSA) is 65.9 Å². The number of halogens is 2. The van der Waals surface area contributed by atoms with Crippen molar-refractivity contribution in [2.24, 2.45) is 0 Å². The average molecular weight is 200 g/mol. The molecule has 14 heavy (non-hydrogen) atoms. The van der Waals surface area contributed by atoms with E-state index < -0.39 is 23.1 Å². The number of aromatic amines is 1. The van der Waals surface area contributed by atoms with Crippen LogP contribution in [0, 0.1) is 11.3 Å². The number of methoxy groups -OCH3 is 1. The molecule has 0 radical (unpaired) electrons. The summed E-state index contributed by atoms with van der Waals surface area (Å²) < 4.78 is 29.3. The first-order valence-electron chi connectivity index (χ1n) is 3.59. The molecule has 0 saturated carbocycles. The molecule has 0 atom stereocenters. The highest BCUT2D eigenvalue weighted by atomic mass is 19.3. The molecule has 6 heteroatoms. The van der Waals surface area contributed by atoms with Crippen LogP contribution in [0.25, 0.3) is 0 Å². The number of pyridine rings is 1.